The summed E-state index contributed by atoms with van der Waals surface area (Å²) in [6.45, 7) is 3.36. The highest BCUT2D eigenvalue weighted by Crippen LogP contribution is 2.40. The first-order valence-corrected chi connectivity index (χ1v) is 7.88. The van der Waals surface area contributed by atoms with E-state index in [1.807, 2.05) is 12.1 Å². The van der Waals surface area contributed by atoms with Crippen molar-refractivity contribution in [2.75, 3.05) is 25.5 Å². The van der Waals surface area contributed by atoms with Crippen molar-refractivity contribution in [3.63, 3.8) is 0 Å². The smallest absolute Gasteiger partial charge is 0.138 e. The van der Waals surface area contributed by atoms with E-state index in [9.17, 15) is 0 Å². The predicted octanol–water partition coefficient (Wildman–Crippen LogP) is 3.05. The number of ether oxygens (including phenoxy) is 1. The second-order valence-corrected chi connectivity index (χ2v) is 6.08. The topological polar surface area (TPSA) is 73.1 Å². The van der Waals surface area contributed by atoms with Crippen molar-refractivity contribution >= 4 is 27.4 Å². The van der Waals surface area contributed by atoms with Crippen molar-refractivity contribution in [3.8, 4) is 16.9 Å². The Morgan fingerprint density at radius 2 is 2.00 bits per heavy atom. The molecule has 0 atom stereocenters. The molecule has 2 aromatic heterocycles. The van der Waals surface area contributed by atoms with Gasteiger partial charge in [0, 0.05) is 23.5 Å². The highest BCUT2D eigenvalue weighted by Gasteiger charge is 2.16. The highest BCUT2D eigenvalue weighted by molar-refractivity contribution is 7.19. The van der Waals surface area contributed by atoms with E-state index < -0.39 is 0 Å². The molecule has 0 saturated carbocycles. The molecule has 5 nitrogen and oxygen atoms in total. The fraction of sp³-hybridized carbons (Fsp3) is 0.250. The lowest BCUT2D eigenvalue weighted by Crippen LogP contribution is -2.14. The molecule has 0 aliphatic rings. The van der Waals surface area contributed by atoms with Crippen LogP contribution in [0.3, 0.4) is 0 Å². The normalized spacial score (nSPS) is 10.9. The average Bonchev–Trinajstić information content (AvgIpc) is 2.89. The fourth-order valence-corrected chi connectivity index (χ4v) is 3.49. The van der Waals surface area contributed by atoms with Gasteiger partial charge in [0.15, 0.2) is 0 Å². The molecule has 0 unspecified atom stereocenters. The lowest BCUT2D eigenvalue weighted by Gasteiger charge is -2.08. The molecule has 0 amide bonds. The molecule has 0 aliphatic heterocycles. The number of aromatic nitrogens is 2. The minimum atomic E-state index is 0.562. The van der Waals surface area contributed by atoms with Crippen LogP contribution in [0.1, 0.15) is 4.88 Å². The van der Waals surface area contributed by atoms with E-state index in [1.165, 1.54) is 10.4 Å². The van der Waals surface area contributed by atoms with Crippen molar-refractivity contribution in [2.24, 2.45) is 5.73 Å². The summed E-state index contributed by atoms with van der Waals surface area (Å²) >= 11 is 1.68. The lowest BCUT2D eigenvalue weighted by molar-refractivity contribution is 0.415. The summed E-state index contributed by atoms with van der Waals surface area (Å²) in [5, 5.41) is 4.35. The molecule has 0 saturated heterocycles. The first kappa shape index (κ1) is 14.7. The zero-order valence-electron chi connectivity index (χ0n) is 12.6. The summed E-state index contributed by atoms with van der Waals surface area (Å²) in [6.07, 6.45) is 1.59. The van der Waals surface area contributed by atoms with Gasteiger partial charge in [0.25, 0.3) is 0 Å². The Hall–Kier alpha value is -2.18. The summed E-state index contributed by atoms with van der Waals surface area (Å²) in [6, 6.07) is 8.06. The molecule has 1 aromatic carbocycles. The standard InChI is InChI=1S/C16H18N4OS/c1-10-13(11-3-5-12(21-2)6-4-11)14-15(18-8-7-17)19-9-20-16(14)22-10/h3-6,9H,7-8,17H2,1-2H3,(H,18,19,20). The van der Waals surface area contributed by atoms with Crippen molar-refractivity contribution in [1.82, 2.24) is 9.97 Å². The van der Waals surface area contributed by atoms with E-state index in [2.05, 4.69) is 34.3 Å². The van der Waals surface area contributed by atoms with Crippen molar-refractivity contribution in [1.29, 1.82) is 0 Å². The number of methoxy groups -OCH3 is 1. The van der Waals surface area contributed by atoms with Crippen LogP contribution in [-0.4, -0.2) is 30.2 Å². The van der Waals surface area contributed by atoms with Gasteiger partial charge in [-0.2, -0.15) is 0 Å². The Balaban J connectivity index is 2.16. The average molecular weight is 314 g/mol. The molecule has 2 heterocycles. The number of nitrogens with one attached hydrogen (secondary N) is 1. The van der Waals surface area contributed by atoms with Gasteiger partial charge in [0.2, 0.25) is 0 Å². The molecule has 0 bridgehead atoms. The number of anilines is 1. The largest absolute Gasteiger partial charge is 0.497 e. The number of benzene rings is 1. The summed E-state index contributed by atoms with van der Waals surface area (Å²) in [5.41, 5.74) is 7.89. The molecule has 0 aliphatic carbocycles. The third kappa shape index (κ3) is 2.63. The number of rotatable bonds is 5. The van der Waals surface area contributed by atoms with Crippen LogP contribution in [0.4, 0.5) is 5.82 Å². The quantitative estimate of drug-likeness (QED) is 0.757. The Kier molecular flexibility index (Phi) is 4.22. The monoisotopic (exact) mass is 314 g/mol. The molecular formula is C16H18N4OS. The molecule has 3 N–H and O–H groups in total. The van der Waals surface area contributed by atoms with Gasteiger partial charge in [-0.25, -0.2) is 9.97 Å². The molecule has 0 fully saturated rings. The van der Waals surface area contributed by atoms with Crippen LogP contribution in [0.5, 0.6) is 5.75 Å². The van der Waals surface area contributed by atoms with Crippen LogP contribution in [0.25, 0.3) is 21.3 Å². The van der Waals surface area contributed by atoms with Crippen LogP contribution < -0.4 is 15.8 Å². The highest BCUT2D eigenvalue weighted by atomic mass is 32.1. The Bertz CT molecular complexity index is 783. The minimum Gasteiger partial charge on any atom is -0.497 e. The number of nitrogens with two attached hydrogens (primary N) is 1. The van der Waals surface area contributed by atoms with Crippen LogP contribution in [0.15, 0.2) is 30.6 Å². The summed E-state index contributed by atoms with van der Waals surface area (Å²) in [4.78, 5) is 11.0. The van der Waals surface area contributed by atoms with Crippen molar-refractivity contribution < 1.29 is 4.74 Å². The van der Waals surface area contributed by atoms with E-state index in [0.717, 1.165) is 27.3 Å². The van der Waals surface area contributed by atoms with Gasteiger partial charge in [-0.3, -0.25) is 0 Å². The molecule has 3 rings (SSSR count). The van der Waals surface area contributed by atoms with Gasteiger partial charge in [-0.05, 0) is 24.6 Å². The fourth-order valence-electron chi connectivity index (χ4n) is 2.47. The van der Waals surface area contributed by atoms with Gasteiger partial charge in [0.1, 0.15) is 22.7 Å². The third-order valence-electron chi connectivity index (χ3n) is 3.48. The van der Waals surface area contributed by atoms with Gasteiger partial charge in [0.05, 0.1) is 12.5 Å². The first-order chi connectivity index (χ1) is 10.7. The van der Waals surface area contributed by atoms with Crippen molar-refractivity contribution in [2.45, 2.75) is 6.92 Å². The predicted molar refractivity (Wildman–Crippen MR) is 91.7 cm³/mol. The lowest BCUT2D eigenvalue weighted by atomic mass is 10.0. The number of hydrogen-bond acceptors (Lipinski definition) is 6. The number of aryl methyl sites for hydroxylation is 1. The summed E-state index contributed by atoms with van der Waals surface area (Å²) in [7, 11) is 1.67. The second kappa shape index (κ2) is 6.29. The maximum absolute atomic E-state index is 5.59. The second-order valence-electron chi connectivity index (χ2n) is 4.88. The molecule has 0 radical (unpaired) electrons. The zero-order valence-corrected chi connectivity index (χ0v) is 13.4. The maximum Gasteiger partial charge on any atom is 0.138 e. The van der Waals surface area contributed by atoms with Gasteiger partial charge in [-0.15, -0.1) is 11.3 Å². The Morgan fingerprint density at radius 3 is 2.68 bits per heavy atom. The SMILES string of the molecule is COc1ccc(-c2c(C)sc3ncnc(NCCN)c23)cc1. The minimum absolute atomic E-state index is 0.562. The molecule has 114 valence electrons. The number of thiophene rings is 1. The number of nitrogens with zero attached hydrogens (tertiary/aromatic N) is 2. The maximum atomic E-state index is 5.59. The van der Waals surface area contributed by atoms with E-state index >= 15 is 0 Å². The van der Waals surface area contributed by atoms with Crippen LogP contribution in [0.2, 0.25) is 0 Å². The Labute approximate surface area is 133 Å². The molecule has 6 heteroatoms. The third-order valence-corrected chi connectivity index (χ3v) is 4.49. The van der Waals surface area contributed by atoms with Crippen LogP contribution >= 0.6 is 11.3 Å². The van der Waals surface area contributed by atoms with Crippen LogP contribution in [0, 0.1) is 6.92 Å². The molecule has 0 spiro atoms. The zero-order chi connectivity index (χ0) is 15.5. The van der Waals surface area contributed by atoms with Gasteiger partial charge >= 0.3 is 0 Å². The van der Waals surface area contributed by atoms with E-state index in [-0.39, 0.29) is 0 Å². The van der Waals surface area contributed by atoms with E-state index in [1.54, 1.807) is 24.8 Å². The number of hydrogen-bond donors (Lipinski definition) is 2. The summed E-state index contributed by atoms with van der Waals surface area (Å²) in [5.74, 6) is 1.68. The van der Waals surface area contributed by atoms with E-state index in [4.69, 9.17) is 10.5 Å². The molecule has 3 aromatic rings. The van der Waals surface area contributed by atoms with Crippen molar-refractivity contribution in [3.05, 3.63) is 35.5 Å². The van der Waals surface area contributed by atoms with E-state index in [0.29, 0.717) is 13.1 Å². The molecular weight excluding hydrogens is 296 g/mol. The van der Waals surface area contributed by atoms with Gasteiger partial charge in [-0.1, -0.05) is 12.1 Å². The summed E-state index contributed by atoms with van der Waals surface area (Å²) < 4.78 is 5.23. The first-order valence-electron chi connectivity index (χ1n) is 7.07. The van der Waals surface area contributed by atoms with Crippen LogP contribution in [-0.2, 0) is 0 Å². The molecule has 22 heavy (non-hydrogen) atoms. The van der Waals surface area contributed by atoms with Gasteiger partial charge < -0.3 is 15.8 Å². The Morgan fingerprint density at radius 1 is 1.23 bits per heavy atom. The number of fused-ring (bicyclic) bond motifs is 1.